The number of alkyl halides is 3. The predicted molar refractivity (Wildman–Crippen MR) is 93.5 cm³/mol. The van der Waals surface area contributed by atoms with Gasteiger partial charge in [0.25, 0.3) is 0 Å². The second kappa shape index (κ2) is 6.44. The van der Waals surface area contributed by atoms with Crippen LogP contribution in [0.2, 0.25) is 0 Å². The number of nitrogens with one attached hydrogen (secondary N) is 1. The van der Waals surface area contributed by atoms with E-state index in [9.17, 15) is 13.2 Å². The van der Waals surface area contributed by atoms with Crippen LogP contribution < -0.4 is 15.9 Å². The van der Waals surface area contributed by atoms with Gasteiger partial charge in [0.2, 0.25) is 0 Å². The summed E-state index contributed by atoms with van der Waals surface area (Å²) in [5, 5.41) is 4.27. The van der Waals surface area contributed by atoms with E-state index in [1.807, 2.05) is 31.0 Å². The first-order chi connectivity index (χ1) is 12.2. The number of benzene rings is 2. The number of nitrogens with zero attached hydrogens (tertiary/aromatic N) is 2. The van der Waals surface area contributed by atoms with E-state index in [-0.39, 0.29) is 12.4 Å². The molecule has 0 bridgehead atoms. The van der Waals surface area contributed by atoms with Gasteiger partial charge in [0.1, 0.15) is 12.4 Å². The minimum absolute atomic E-state index is 0.0371. The van der Waals surface area contributed by atoms with Gasteiger partial charge in [-0.05, 0) is 42.8 Å². The number of nitrogen functional groups attached to an aromatic ring is 1. The highest BCUT2D eigenvalue weighted by atomic mass is 19.4. The lowest BCUT2D eigenvalue weighted by Crippen LogP contribution is -2.47. The lowest BCUT2D eigenvalue weighted by molar-refractivity contribution is -0.137. The zero-order chi connectivity index (χ0) is 18.9. The Morgan fingerprint density at radius 2 is 1.88 bits per heavy atom. The van der Waals surface area contributed by atoms with Gasteiger partial charge in [-0.15, -0.1) is 0 Å². The summed E-state index contributed by atoms with van der Waals surface area (Å²) in [6.45, 7) is 1.98. The molecule has 5 nitrogen and oxygen atoms in total. The second-order valence-corrected chi connectivity index (χ2v) is 6.21. The molecule has 26 heavy (non-hydrogen) atoms. The molecule has 0 aliphatic carbocycles. The third kappa shape index (κ3) is 3.40. The Labute approximate surface area is 149 Å². The van der Waals surface area contributed by atoms with Crippen molar-refractivity contribution >= 4 is 11.5 Å². The van der Waals surface area contributed by atoms with E-state index in [0.29, 0.717) is 11.5 Å². The highest BCUT2D eigenvalue weighted by Gasteiger charge is 2.38. The van der Waals surface area contributed by atoms with Crippen LogP contribution >= 0.6 is 0 Å². The van der Waals surface area contributed by atoms with Crippen molar-refractivity contribution in [1.82, 2.24) is 10.3 Å². The van der Waals surface area contributed by atoms with Gasteiger partial charge in [0.15, 0.2) is 11.5 Å². The highest BCUT2D eigenvalue weighted by molar-refractivity contribution is 5.85. The molecular weight excluding hydrogens is 345 g/mol. The summed E-state index contributed by atoms with van der Waals surface area (Å²) < 4.78 is 43.9. The molecule has 0 amide bonds. The summed E-state index contributed by atoms with van der Waals surface area (Å²) in [7, 11) is 1.84. The summed E-state index contributed by atoms with van der Waals surface area (Å²) in [5.41, 5.74) is 9.04. The maximum atomic E-state index is 12.8. The van der Waals surface area contributed by atoms with E-state index < -0.39 is 17.4 Å². The monoisotopic (exact) mass is 364 g/mol. The number of rotatable bonds is 4. The van der Waals surface area contributed by atoms with Crippen LogP contribution in [0.3, 0.4) is 0 Å². The number of halogens is 3. The van der Waals surface area contributed by atoms with Gasteiger partial charge in [-0.3, -0.25) is 5.43 Å². The van der Waals surface area contributed by atoms with E-state index in [0.717, 1.165) is 17.7 Å². The topological polar surface area (TPSA) is 62.9 Å². The van der Waals surface area contributed by atoms with Crippen LogP contribution in [0.1, 0.15) is 18.1 Å². The third-order valence-electron chi connectivity index (χ3n) is 4.46. The molecule has 1 aliphatic heterocycles. The summed E-state index contributed by atoms with van der Waals surface area (Å²) in [4.78, 5) is 1.88. The summed E-state index contributed by atoms with van der Waals surface area (Å²) in [6.07, 6.45) is -4.41. The van der Waals surface area contributed by atoms with Crippen LogP contribution in [0, 0.1) is 0 Å². The number of hydrazone groups is 1. The average molecular weight is 364 g/mol. The summed E-state index contributed by atoms with van der Waals surface area (Å²) in [5.74, 6) is 0.707. The van der Waals surface area contributed by atoms with Crippen LogP contribution in [0.4, 0.5) is 18.9 Å². The van der Waals surface area contributed by atoms with Crippen LogP contribution in [-0.2, 0) is 11.8 Å². The van der Waals surface area contributed by atoms with Gasteiger partial charge < -0.3 is 15.4 Å². The van der Waals surface area contributed by atoms with Crippen LogP contribution in [0.5, 0.6) is 5.75 Å². The number of anilines is 1. The number of likely N-dealkylation sites (N-methyl/N-ethyl adjacent to an activating group) is 1. The molecule has 0 saturated heterocycles. The quantitative estimate of drug-likeness (QED) is 0.817. The van der Waals surface area contributed by atoms with Gasteiger partial charge in [0.05, 0.1) is 5.56 Å². The Hall–Kier alpha value is -2.90. The SMILES string of the molecule is CN1C(COc2cccc(C(F)(F)F)c2)=NNC1(C)c1ccc(N)cc1. The van der Waals surface area contributed by atoms with E-state index >= 15 is 0 Å². The Balaban J connectivity index is 1.70. The van der Waals surface area contributed by atoms with Crippen molar-refractivity contribution in [3.05, 3.63) is 59.7 Å². The molecule has 1 unspecified atom stereocenters. The van der Waals surface area contributed by atoms with E-state index in [2.05, 4.69) is 10.5 Å². The second-order valence-electron chi connectivity index (χ2n) is 6.21. The molecule has 0 radical (unpaired) electrons. The standard InChI is InChI=1S/C18H19F3N4O/c1-17(12-6-8-14(22)9-7-12)24-23-16(25(17)2)11-26-15-5-3-4-13(10-15)18(19,20)21/h3-10,24H,11,22H2,1-2H3. The van der Waals surface area contributed by atoms with E-state index in [4.69, 9.17) is 10.5 Å². The molecule has 3 rings (SSSR count). The fourth-order valence-corrected chi connectivity index (χ4v) is 2.69. The maximum Gasteiger partial charge on any atom is 0.416 e. The minimum atomic E-state index is -4.41. The van der Waals surface area contributed by atoms with Gasteiger partial charge >= 0.3 is 6.18 Å². The van der Waals surface area contributed by atoms with Crippen molar-refractivity contribution in [2.75, 3.05) is 19.4 Å². The van der Waals surface area contributed by atoms with Crippen molar-refractivity contribution < 1.29 is 17.9 Å². The van der Waals surface area contributed by atoms with Crippen molar-refractivity contribution in [3.63, 3.8) is 0 Å². The lowest BCUT2D eigenvalue weighted by atomic mass is 10.0. The normalized spacial score (nSPS) is 19.9. The number of ether oxygens (including phenoxy) is 1. The molecule has 0 saturated carbocycles. The van der Waals surface area contributed by atoms with E-state index in [1.165, 1.54) is 12.1 Å². The molecule has 0 spiro atoms. The zero-order valence-electron chi connectivity index (χ0n) is 14.3. The largest absolute Gasteiger partial charge is 0.486 e. The smallest absolute Gasteiger partial charge is 0.416 e. The first kappa shape index (κ1) is 17.9. The molecule has 2 aromatic rings. The number of hydrogen-bond acceptors (Lipinski definition) is 5. The average Bonchev–Trinajstić information content (AvgIpc) is 2.89. The van der Waals surface area contributed by atoms with Gasteiger partial charge in [0, 0.05) is 12.7 Å². The summed E-state index contributed by atoms with van der Waals surface area (Å²) in [6, 6.07) is 12.2. The predicted octanol–water partition coefficient (Wildman–Crippen LogP) is 3.39. The number of amidine groups is 1. The first-order valence-electron chi connectivity index (χ1n) is 7.94. The molecular formula is C18H19F3N4O. The molecule has 2 aromatic carbocycles. The number of hydrogen-bond donors (Lipinski definition) is 2. The molecule has 1 heterocycles. The first-order valence-corrected chi connectivity index (χ1v) is 7.94. The van der Waals surface area contributed by atoms with Crippen LogP contribution in [-0.4, -0.2) is 24.4 Å². The van der Waals surface area contributed by atoms with Gasteiger partial charge in [-0.25, -0.2) is 0 Å². The fraction of sp³-hybridized carbons (Fsp3) is 0.278. The molecule has 138 valence electrons. The van der Waals surface area contributed by atoms with E-state index in [1.54, 1.807) is 12.1 Å². The Morgan fingerprint density at radius 1 is 1.19 bits per heavy atom. The number of nitrogens with two attached hydrogens (primary N) is 1. The lowest BCUT2D eigenvalue weighted by Gasteiger charge is -2.34. The maximum absolute atomic E-state index is 12.8. The molecule has 0 aromatic heterocycles. The van der Waals surface area contributed by atoms with Crippen molar-refractivity contribution in [3.8, 4) is 5.75 Å². The minimum Gasteiger partial charge on any atom is -0.486 e. The molecule has 8 heteroatoms. The highest BCUT2D eigenvalue weighted by Crippen LogP contribution is 2.32. The van der Waals surface area contributed by atoms with Crippen molar-refractivity contribution in [1.29, 1.82) is 0 Å². The van der Waals surface area contributed by atoms with Crippen molar-refractivity contribution in [2.45, 2.75) is 18.8 Å². The van der Waals surface area contributed by atoms with Gasteiger partial charge in [-0.2, -0.15) is 18.3 Å². The molecule has 1 atom stereocenters. The molecule has 1 aliphatic rings. The third-order valence-corrected chi connectivity index (χ3v) is 4.46. The van der Waals surface area contributed by atoms with Crippen LogP contribution in [0.25, 0.3) is 0 Å². The Kier molecular flexibility index (Phi) is 4.43. The molecule has 3 N–H and O–H groups in total. The van der Waals surface area contributed by atoms with Crippen LogP contribution in [0.15, 0.2) is 53.6 Å². The fourth-order valence-electron chi connectivity index (χ4n) is 2.69. The Morgan fingerprint density at radius 3 is 2.54 bits per heavy atom. The zero-order valence-corrected chi connectivity index (χ0v) is 14.3. The Bertz CT molecular complexity index is 820. The summed E-state index contributed by atoms with van der Waals surface area (Å²) >= 11 is 0. The van der Waals surface area contributed by atoms with Gasteiger partial charge in [-0.1, -0.05) is 18.2 Å². The molecule has 0 fully saturated rings. The van der Waals surface area contributed by atoms with Crippen molar-refractivity contribution in [2.24, 2.45) is 5.10 Å².